The van der Waals surface area contributed by atoms with Crippen LogP contribution in [0.15, 0.2) is 12.1 Å². The number of likely N-dealkylation sites (tertiary alicyclic amines) is 2. The van der Waals surface area contributed by atoms with E-state index in [0.717, 1.165) is 45.4 Å². The predicted octanol–water partition coefficient (Wildman–Crippen LogP) is 0.615. The lowest BCUT2D eigenvalue weighted by atomic mass is 9.96. The SMILES string of the molecule is CN1CCC(C(=O)N2CCC(CN(C)C(=O)c3ccc4n[nH]nc4n3)C2)CC1. The third-order valence-electron chi connectivity index (χ3n) is 5.94. The maximum atomic E-state index is 12.8. The van der Waals surface area contributed by atoms with Gasteiger partial charge in [0, 0.05) is 32.6 Å². The molecule has 2 aliphatic heterocycles. The van der Waals surface area contributed by atoms with Crippen molar-refractivity contribution in [2.45, 2.75) is 19.3 Å². The number of carbonyl (C=O) groups is 2. The van der Waals surface area contributed by atoms with E-state index in [2.05, 4.69) is 32.3 Å². The summed E-state index contributed by atoms with van der Waals surface area (Å²) in [6.45, 7) is 4.13. The molecule has 2 fully saturated rings. The third-order valence-corrected chi connectivity index (χ3v) is 5.94. The Bertz CT molecular complexity index is 859. The summed E-state index contributed by atoms with van der Waals surface area (Å²) < 4.78 is 0. The first-order valence-electron chi connectivity index (χ1n) is 9.91. The number of aromatic nitrogens is 4. The van der Waals surface area contributed by atoms with E-state index in [9.17, 15) is 9.59 Å². The number of carbonyl (C=O) groups excluding carboxylic acids is 2. The van der Waals surface area contributed by atoms with Gasteiger partial charge in [-0.15, -0.1) is 5.10 Å². The van der Waals surface area contributed by atoms with Crippen molar-refractivity contribution in [3.05, 3.63) is 17.8 Å². The molecular weight excluding hydrogens is 358 g/mol. The van der Waals surface area contributed by atoms with Crippen LogP contribution in [0.1, 0.15) is 29.8 Å². The average molecular weight is 385 g/mol. The van der Waals surface area contributed by atoms with Crippen molar-refractivity contribution in [2.24, 2.45) is 11.8 Å². The van der Waals surface area contributed by atoms with Crippen molar-refractivity contribution in [3.63, 3.8) is 0 Å². The summed E-state index contributed by atoms with van der Waals surface area (Å²) in [5.74, 6) is 0.625. The maximum absolute atomic E-state index is 12.8. The Morgan fingerprint density at radius 1 is 1.18 bits per heavy atom. The van der Waals surface area contributed by atoms with Crippen molar-refractivity contribution in [1.29, 1.82) is 0 Å². The van der Waals surface area contributed by atoms with E-state index in [0.29, 0.717) is 35.2 Å². The number of pyridine rings is 1. The van der Waals surface area contributed by atoms with Crippen LogP contribution < -0.4 is 0 Å². The van der Waals surface area contributed by atoms with Crippen LogP contribution in [-0.2, 0) is 4.79 Å². The highest BCUT2D eigenvalue weighted by Crippen LogP contribution is 2.24. The molecule has 1 atom stereocenters. The van der Waals surface area contributed by atoms with Crippen LogP contribution in [0.3, 0.4) is 0 Å². The summed E-state index contributed by atoms with van der Waals surface area (Å²) in [5.41, 5.74) is 1.44. The molecule has 9 heteroatoms. The highest BCUT2D eigenvalue weighted by atomic mass is 16.2. The Morgan fingerprint density at radius 3 is 2.75 bits per heavy atom. The molecule has 2 amide bonds. The van der Waals surface area contributed by atoms with Gasteiger partial charge in [0.15, 0.2) is 0 Å². The number of nitrogens with one attached hydrogen (secondary N) is 1. The maximum Gasteiger partial charge on any atom is 0.272 e. The van der Waals surface area contributed by atoms with Gasteiger partial charge in [-0.1, -0.05) is 0 Å². The van der Waals surface area contributed by atoms with Gasteiger partial charge in [0.1, 0.15) is 11.2 Å². The molecule has 1 unspecified atom stereocenters. The summed E-state index contributed by atoms with van der Waals surface area (Å²) in [6.07, 6.45) is 2.84. The third kappa shape index (κ3) is 3.84. The largest absolute Gasteiger partial charge is 0.342 e. The number of hydrogen-bond acceptors (Lipinski definition) is 6. The number of rotatable bonds is 4. The first-order valence-corrected chi connectivity index (χ1v) is 9.91. The van der Waals surface area contributed by atoms with E-state index in [1.165, 1.54) is 0 Å². The number of piperidine rings is 1. The number of H-pyrrole nitrogens is 1. The standard InChI is InChI=1S/C19H27N7O2/c1-24-8-6-14(7-9-24)18(27)26-10-5-13(12-26)11-25(2)19(28)16-4-3-15-17(20-16)22-23-21-15/h3-4,13-14H,5-12H2,1-2H3,(H,20,21,22,23). The average Bonchev–Trinajstić information content (AvgIpc) is 3.36. The number of nitrogens with zero attached hydrogens (tertiary/aromatic N) is 6. The summed E-state index contributed by atoms with van der Waals surface area (Å²) in [5, 5.41) is 10.4. The van der Waals surface area contributed by atoms with Gasteiger partial charge >= 0.3 is 0 Å². The topological polar surface area (TPSA) is 98.3 Å². The molecule has 0 aliphatic carbocycles. The number of hydrogen-bond donors (Lipinski definition) is 1. The molecular formula is C19H27N7O2. The lowest BCUT2D eigenvalue weighted by Crippen LogP contribution is -2.41. The predicted molar refractivity (Wildman–Crippen MR) is 104 cm³/mol. The van der Waals surface area contributed by atoms with Crippen molar-refractivity contribution >= 4 is 23.0 Å². The van der Waals surface area contributed by atoms with Crippen molar-refractivity contribution in [1.82, 2.24) is 35.1 Å². The first kappa shape index (κ1) is 18.8. The van der Waals surface area contributed by atoms with Gasteiger partial charge in [0.25, 0.3) is 5.91 Å². The Balaban J connectivity index is 1.31. The summed E-state index contributed by atoms with van der Waals surface area (Å²) in [4.78, 5) is 35.8. The van der Waals surface area contributed by atoms with Crippen LogP contribution in [0.2, 0.25) is 0 Å². The fourth-order valence-electron chi connectivity index (χ4n) is 4.22. The molecule has 1 N–H and O–H groups in total. The van der Waals surface area contributed by atoms with Crippen LogP contribution in [0.5, 0.6) is 0 Å². The molecule has 28 heavy (non-hydrogen) atoms. The van der Waals surface area contributed by atoms with Crippen LogP contribution >= 0.6 is 0 Å². The van der Waals surface area contributed by atoms with Crippen LogP contribution in [0, 0.1) is 11.8 Å². The molecule has 4 heterocycles. The lowest BCUT2D eigenvalue weighted by molar-refractivity contribution is -0.136. The minimum Gasteiger partial charge on any atom is -0.342 e. The van der Waals surface area contributed by atoms with E-state index in [-0.39, 0.29) is 11.8 Å². The zero-order valence-corrected chi connectivity index (χ0v) is 16.5. The second-order valence-electron chi connectivity index (χ2n) is 8.07. The zero-order valence-electron chi connectivity index (χ0n) is 16.5. The molecule has 0 spiro atoms. The molecule has 2 aliphatic rings. The molecule has 0 bridgehead atoms. The Kier molecular flexibility index (Phi) is 5.25. The van der Waals surface area contributed by atoms with Crippen LogP contribution in [0.4, 0.5) is 0 Å². The van der Waals surface area contributed by atoms with Crippen molar-refractivity contribution < 1.29 is 9.59 Å². The molecule has 2 aromatic heterocycles. The highest BCUT2D eigenvalue weighted by molar-refractivity contribution is 5.93. The van der Waals surface area contributed by atoms with E-state index in [1.807, 2.05) is 4.90 Å². The monoisotopic (exact) mass is 385 g/mol. The second kappa shape index (κ2) is 7.83. The summed E-state index contributed by atoms with van der Waals surface area (Å²) in [7, 11) is 3.90. The van der Waals surface area contributed by atoms with E-state index in [1.54, 1.807) is 24.1 Å². The Labute approximate surface area is 164 Å². The quantitative estimate of drug-likeness (QED) is 0.828. The van der Waals surface area contributed by atoms with Crippen LogP contribution in [-0.4, -0.2) is 93.7 Å². The molecule has 0 aromatic carbocycles. The molecule has 2 aromatic rings. The van der Waals surface area contributed by atoms with E-state index < -0.39 is 0 Å². The van der Waals surface area contributed by atoms with Gasteiger partial charge in [-0.3, -0.25) is 9.59 Å². The fourth-order valence-corrected chi connectivity index (χ4v) is 4.22. The summed E-state index contributed by atoms with van der Waals surface area (Å²) in [6, 6.07) is 3.42. The molecule has 9 nitrogen and oxygen atoms in total. The fraction of sp³-hybridized carbons (Fsp3) is 0.632. The smallest absolute Gasteiger partial charge is 0.272 e. The minimum atomic E-state index is -0.134. The van der Waals surface area contributed by atoms with Crippen molar-refractivity contribution in [2.75, 3.05) is 46.8 Å². The van der Waals surface area contributed by atoms with Crippen LogP contribution in [0.25, 0.3) is 11.2 Å². The first-order chi connectivity index (χ1) is 13.5. The number of fused-ring (bicyclic) bond motifs is 1. The molecule has 0 radical (unpaired) electrons. The van der Waals surface area contributed by atoms with E-state index >= 15 is 0 Å². The highest BCUT2D eigenvalue weighted by Gasteiger charge is 2.33. The second-order valence-corrected chi connectivity index (χ2v) is 8.07. The van der Waals surface area contributed by atoms with Crippen molar-refractivity contribution in [3.8, 4) is 0 Å². The van der Waals surface area contributed by atoms with Gasteiger partial charge < -0.3 is 14.7 Å². The van der Waals surface area contributed by atoms with Gasteiger partial charge in [-0.2, -0.15) is 10.3 Å². The lowest BCUT2D eigenvalue weighted by Gasteiger charge is -2.31. The normalized spacial score (nSPS) is 21.4. The van der Waals surface area contributed by atoms with Gasteiger partial charge in [0.05, 0.1) is 0 Å². The Morgan fingerprint density at radius 2 is 1.96 bits per heavy atom. The van der Waals surface area contributed by atoms with E-state index in [4.69, 9.17) is 0 Å². The number of aromatic amines is 1. The summed E-state index contributed by atoms with van der Waals surface area (Å²) >= 11 is 0. The van der Waals surface area contributed by atoms with Gasteiger partial charge in [-0.05, 0) is 57.5 Å². The molecule has 0 saturated carbocycles. The van der Waals surface area contributed by atoms with Gasteiger partial charge in [-0.25, -0.2) is 4.98 Å². The Hall–Kier alpha value is -2.55. The minimum absolute atomic E-state index is 0.134. The number of amides is 2. The van der Waals surface area contributed by atoms with Gasteiger partial charge in [0.2, 0.25) is 11.6 Å². The molecule has 4 rings (SSSR count). The molecule has 2 saturated heterocycles. The molecule has 150 valence electrons. The zero-order chi connectivity index (χ0) is 19.7.